The lowest BCUT2D eigenvalue weighted by atomic mass is 10.3. The quantitative estimate of drug-likeness (QED) is 0.859. The Labute approximate surface area is 95.2 Å². The molecule has 0 amide bonds. The third kappa shape index (κ3) is 1.98. The third-order valence-electron chi connectivity index (χ3n) is 2.18. The Morgan fingerprint density at radius 1 is 1.64 bits per heavy atom. The highest BCUT2D eigenvalue weighted by Gasteiger charge is 2.28. The van der Waals surface area contributed by atoms with Crippen LogP contribution in [0.2, 0.25) is 0 Å². The molecule has 0 bridgehead atoms. The van der Waals surface area contributed by atoms with Gasteiger partial charge in [0.05, 0.1) is 9.26 Å². The molecule has 76 valence electrons. The maximum Gasteiger partial charge on any atom is 0.264 e. The van der Waals surface area contributed by atoms with Crippen molar-refractivity contribution in [1.82, 2.24) is 9.97 Å². The molecular formula is C9H11IN2O2. The van der Waals surface area contributed by atoms with E-state index < -0.39 is 0 Å². The van der Waals surface area contributed by atoms with Gasteiger partial charge >= 0.3 is 0 Å². The minimum atomic E-state index is -0.0467. The number of H-pyrrole nitrogens is 1. The van der Waals surface area contributed by atoms with Gasteiger partial charge in [-0.15, -0.1) is 0 Å². The predicted octanol–water partition coefficient (Wildman–Crippen LogP) is 1.40. The summed E-state index contributed by atoms with van der Waals surface area (Å²) in [6, 6.07) is 0. The van der Waals surface area contributed by atoms with E-state index in [0.29, 0.717) is 18.3 Å². The first-order valence-electron chi connectivity index (χ1n) is 4.50. The van der Waals surface area contributed by atoms with Gasteiger partial charge in [0.15, 0.2) is 0 Å². The molecule has 1 N–H and O–H groups in total. The summed E-state index contributed by atoms with van der Waals surface area (Å²) < 4.78 is 5.67. The van der Waals surface area contributed by atoms with Crippen molar-refractivity contribution in [2.75, 3.05) is 7.11 Å². The van der Waals surface area contributed by atoms with Crippen molar-refractivity contribution < 1.29 is 4.74 Å². The Morgan fingerprint density at radius 2 is 2.36 bits per heavy atom. The third-order valence-corrected chi connectivity index (χ3v) is 3.23. The molecule has 4 nitrogen and oxygen atoms in total. The molecule has 0 aliphatic heterocycles. The van der Waals surface area contributed by atoms with Crippen LogP contribution >= 0.6 is 22.6 Å². The van der Waals surface area contributed by atoms with Gasteiger partial charge in [0.1, 0.15) is 12.4 Å². The predicted molar refractivity (Wildman–Crippen MR) is 60.3 cm³/mol. The molecule has 2 rings (SSSR count). The zero-order chi connectivity index (χ0) is 10.1. The molecule has 1 aromatic heterocycles. The highest BCUT2D eigenvalue weighted by molar-refractivity contribution is 14.1. The van der Waals surface area contributed by atoms with Crippen molar-refractivity contribution in [2.45, 2.75) is 25.4 Å². The van der Waals surface area contributed by atoms with Gasteiger partial charge in [0.2, 0.25) is 0 Å². The van der Waals surface area contributed by atoms with Crippen LogP contribution in [-0.2, 0) is 11.3 Å². The molecular weight excluding hydrogens is 295 g/mol. The molecule has 1 saturated carbocycles. The fraction of sp³-hybridized carbons (Fsp3) is 0.556. The average molecular weight is 306 g/mol. The normalized spacial score (nSPS) is 15.9. The van der Waals surface area contributed by atoms with Crippen molar-refractivity contribution >= 4 is 22.6 Å². The van der Waals surface area contributed by atoms with Crippen LogP contribution in [0.25, 0.3) is 0 Å². The van der Waals surface area contributed by atoms with Crippen molar-refractivity contribution in [3.05, 3.63) is 25.4 Å². The van der Waals surface area contributed by atoms with Gasteiger partial charge in [-0.3, -0.25) is 4.79 Å². The van der Waals surface area contributed by atoms with E-state index in [-0.39, 0.29) is 5.56 Å². The number of ether oxygens (including phenoxy) is 1. The minimum Gasteiger partial charge on any atom is -0.377 e. The van der Waals surface area contributed by atoms with Gasteiger partial charge in [0.25, 0.3) is 5.56 Å². The number of hydrogen-bond acceptors (Lipinski definition) is 3. The summed E-state index contributed by atoms with van der Waals surface area (Å²) in [6.45, 7) is 0.367. The lowest BCUT2D eigenvalue weighted by Gasteiger charge is -2.04. The van der Waals surface area contributed by atoms with Crippen molar-refractivity contribution in [1.29, 1.82) is 0 Å². The fourth-order valence-corrected chi connectivity index (χ4v) is 2.05. The Hall–Kier alpha value is -0.430. The second-order valence-corrected chi connectivity index (χ2v) is 4.50. The van der Waals surface area contributed by atoms with Gasteiger partial charge in [0, 0.05) is 13.0 Å². The molecule has 0 radical (unpaired) electrons. The molecule has 0 spiro atoms. The van der Waals surface area contributed by atoms with Crippen LogP contribution < -0.4 is 5.56 Å². The molecule has 5 heteroatoms. The number of nitrogens with zero attached hydrogens (tertiary/aromatic N) is 1. The Bertz CT molecular complexity index is 398. The molecule has 1 aliphatic rings. The van der Waals surface area contributed by atoms with Gasteiger partial charge < -0.3 is 9.72 Å². The maximum absolute atomic E-state index is 11.5. The standard InChI is InChI=1S/C9H11IN2O2/c1-14-4-6-11-8(5-2-3-5)7(10)9(13)12-6/h5H,2-4H2,1H3,(H,11,12,13). The molecule has 0 saturated heterocycles. The summed E-state index contributed by atoms with van der Waals surface area (Å²) in [7, 11) is 1.59. The number of methoxy groups -OCH3 is 1. The second-order valence-electron chi connectivity index (χ2n) is 3.42. The topological polar surface area (TPSA) is 55.0 Å². The van der Waals surface area contributed by atoms with Crippen LogP contribution in [0.5, 0.6) is 0 Å². The van der Waals surface area contributed by atoms with Crippen LogP contribution in [0.3, 0.4) is 0 Å². The van der Waals surface area contributed by atoms with Gasteiger partial charge in [-0.1, -0.05) is 0 Å². The number of halogens is 1. The van der Waals surface area contributed by atoms with Crippen LogP contribution in [0.15, 0.2) is 4.79 Å². The smallest absolute Gasteiger partial charge is 0.264 e. The first kappa shape index (κ1) is 10.1. The zero-order valence-corrected chi connectivity index (χ0v) is 10.00. The lowest BCUT2D eigenvalue weighted by molar-refractivity contribution is 0.177. The van der Waals surface area contributed by atoms with Gasteiger partial charge in [-0.25, -0.2) is 4.98 Å². The number of nitrogens with one attached hydrogen (secondary N) is 1. The summed E-state index contributed by atoms with van der Waals surface area (Å²) in [4.78, 5) is 18.6. The molecule has 1 heterocycles. The molecule has 1 fully saturated rings. The second kappa shape index (κ2) is 3.98. The van der Waals surface area contributed by atoms with E-state index in [9.17, 15) is 4.79 Å². The number of aromatic amines is 1. The van der Waals surface area contributed by atoms with E-state index >= 15 is 0 Å². The van der Waals surface area contributed by atoms with Crippen LogP contribution in [0, 0.1) is 3.57 Å². The monoisotopic (exact) mass is 306 g/mol. The average Bonchev–Trinajstić information content (AvgIpc) is 2.94. The Balaban J connectivity index is 2.41. The van der Waals surface area contributed by atoms with E-state index in [1.807, 2.05) is 0 Å². The Morgan fingerprint density at radius 3 is 2.93 bits per heavy atom. The van der Waals surface area contributed by atoms with Crippen LogP contribution in [0.1, 0.15) is 30.3 Å². The number of hydrogen-bond donors (Lipinski definition) is 1. The molecule has 0 aromatic carbocycles. The largest absolute Gasteiger partial charge is 0.377 e. The lowest BCUT2D eigenvalue weighted by Crippen LogP contribution is -2.18. The Kier molecular flexibility index (Phi) is 2.87. The molecule has 0 unspecified atom stereocenters. The molecule has 14 heavy (non-hydrogen) atoms. The van der Waals surface area contributed by atoms with Crippen LogP contribution in [-0.4, -0.2) is 17.1 Å². The maximum atomic E-state index is 11.5. The summed E-state index contributed by atoms with van der Waals surface area (Å²) in [6.07, 6.45) is 2.30. The fourth-order valence-electron chi connectivity index (χ4n) is 1.36. The highest BCUT2D eigenvalue weighted by Crippen LogP contribution is 2.40. The summed E-state index contributed by atoms with van der Waals surface area (Å²) in [5.74, 6) is 1.12. The number of aromatic nitrogens is 2. The van der Waals surface area contributed by atoms with Crippen LogP contribution in [0.4, 0.5) is 0 Å². The first-order valence-corrected chi connectivity index (χ1v) is 5.57. The summed E-state index contributed by atoms with van der Waals surface area (Å²) in [5, 5.41) is 0. The zero-order valence-electron chi connectivity index (χ0n) is 7.84. The van der Waals surface area contributed by atoms with E-state index in [2.05, 4.69) is 32.6 Å². The van der Waals surface area contributed by atoms with Crippen molar-refractivity contribution in [2.24, 2.45) is 0 Å². The van der Waals surface area contributed by atoms with Gasteiger partial charge in [-0.2, -0.15) is 0 Å². The summed E-state index contributed by atoms with van der Waals surface area (Å²) >= 11 is 2.06. The van der Waals surface area contributed by atoms with Crippen molar-refractivity contribution in [3.8, 4) is 0 Å². The first-order chi connectivity index (χ1) is 6.72. The van der Waals surface area contributed by atoms with E-state index in [1.165, 1.54) is 0 Å². The number of rotatable bonds is 3. The van der Waals surface area contributed by atoms with E-state index in [1.54, 1.807) is 7.11 Å². The van der Waals surface area contributed by atoms with E-state index in [0.717, 1.165) is 22.1 Å². The van der Waals surface area contributed by atoms with E-state index in [4.69, 9.17) is 4.74 Å². The highest BCUT2D eigenvalue weighted by atomic mass is 127. The minimum absolute atomic E-state index is 0.0467. The molecule has 1 aliphatic carbocycles. The summed E-state index contributed by atoms with van der Waals surface area (Å²) in [5.41, 5.74) is 0.899. The molecule has 0 atom stereocenters. The van der Waals surface area contributed by atoms with Gasteiger partial charge in [-0.05, 0) is 35.4 Å². The molecule has 1 aromatic rings. The van der Waals surface area contributed by atoms with Crippen molar-refractivity contribution in [3.63, 3.8) is 0 Å². The SMILES string of the molecule is COCc1nc(C2CC2)c(I)c(=O)[nH]1.